The largest absolute Gasteiger partial charge is 0.309 e. The van der Waals surface area contributed by atoms with Gasteiger partial charge < -0.3 is 4.57 Å². The lowest BCUT2D eigenvalue weighted by Gasteiger charge is -2.11. The van der Waals surface area contributed by atoms with Crippen LogP contribution in [0.1, 0.15) is 5.48 Å². The van der Waals surface area contributed by atoms with Crippen LogP contribution >= 0.6 is 15.9 Å². The number of aromatic nitrogens is 1. The molecule has 0 atom stereocenters. The maximum atomic E-state index is 8.99. The first-order valence-electron chi connectivity index (χ1n) is 11.7. The second kappa shape index (κ2) is 6.86. The van der Waals surface area contributed by atoms with E-state index in [4.69, 9.17) is 5.48 Å². The highest BCUT2D eigenvalue weighted by Gasteiger charge is 2.12. The van der Waals surface area contributed by atoms with Crippen molar-refractivity contribution < 1.29 is 5.48 Å². The second-order valence-corrected chi connectivity index (χ2v) is 8.18. The van der Waals surface area contributed by atoms with Crippen LogP contribution in [-0.4, -0.2) is 4.57 Å². The molecule has 6 aromatic rings. The molecule has 0 saturated carbocycles. The van der Waals surface area contributed by atoms with Gasteiger partial charge in [0.1, 0.15) is 0 Å². The summed E-state index contributed by atoms with van der Waals surface area (Å²) < 4.78 is 38.6. The summed E-state index contributed by atoms with van der Waals surface area (Å²) in [5.74, 6) is 0. The molecule has 5 aromatic carbocycles. The number of halogens is 1. The molecule has 1 nitrogen and oxygen atoms in total. The van der Waals surface area contributed by atoms with Crippen molar-refractivity contribution in [3.8, 4) is 16.8 Å². The van der Waals surface area contributed by atoms with Gasteiger partial charge in [-0.05, 0) is 52.2 Å². The summed E-state index contributed by atoms with van der Waals surface area (Å²) in [6, 6.07) is 27.1. The van der Waals surface area contributed by atoms with Crippen molar-refractivity contribution in [1.82, 2.24) is 4.57 Å². The van der Waals surface area contributed by atoms with Gasteiger partial charge in [0.05, 0.1) is 16.5 Å². The second-order valence-electron chi connectivity index (χ2n) is 7.26. The van der Waals surface area contributed by atoms with Gasteiger partial charge in [0.15, 0.2) is 0 Å². The first kappa shape index (κ1) is 13.8. The Hall–Kier alpha value is -3.36. The Morgan fingerprint density at radius 1 is 0.633 bits per heavy atom. The van der Waals surface area contributed by atoms with Gasteiger partial charge in [-0.25, -0.2) is 0 Å². The SMILES string of the molecule is [2H]c1c([2H])c(-n2c3ccccc3c3ccc(Br)cc32)c([2H])c([2H])c1-c1cccc2ccccc12. The molecule has 142 valence electrons. The minimum Gasteiger partial charge on any atom is -0.309 e. The standard InChI is InChI=1S/C28H18BrN/c29-21-14-17-26-25-9-3-4-11-27(25)30(28(26)18-21)22-15-12-20(13-16-22)24-10-5-7-19-6-1-2-8-23(19)24/h1-18H/i12D,13D,15D,16D. The van der Waals surface area contributed by atoms with Gasteiger partial charge in [-0.2, -0.15) is 0 Å². The number of rotatable bonds is 2. The first-order valence-corrected chi connectivity index (χ1v) is 10.5. The molecule has 0 spiro atoms. The fraction of sp³-hybridized carbons (Fsp3) is 0. The predicted molar refractivity (Wildman–Crippen MR) is 131 cm³/mol. The van der Waals surface area contributed by atoms with E-state index < -0.39 is 0 Å². The Labute approximate surface area is 188 Å². The predicted octanol–water partition coefficient (Wildman–Crippen LogP) is 8.37. The molecule has 6 rings (SSSR count). The summed E-state index contributed by atoms with van der Waals surface area (Å²) >= 11 is 3.55. The normalized spacial score (nSPS) is 13.4. The lowest BCUT2D eigenvalue weighted by molar-refractivity contribution is 1.18. The number of fused-ring (bicyclic) bond motifs is 4. The molecule has 0 aliphatic rings. The van der Waals surface area contributed by atoms with Gasteiger partial charge in [0.2, 0.25) is 0 Å². The Morgan fingerprint density at radius 3 is 2.20 bits per heavy atom. The zero-order valence-electron chi connectivity index (χ0n) is 19.9. The van der Waals surface area contributed by atoms with Crippen molar-refractivity contribution in [2.75, 3.05) is 0 Å². The Morgan fingerprint density at radius 2 is 1.33 bits per heavy atom. The number of para-hydroxylation sites is 1. The van der Waals surface area contributed by atoms with Gasteiger partial charge in [-0.1, -0.05) is 94.7 Å². The molecule has 0 saturated heterocycles. The molecule has 0 aliphatic heterocycles. The number of hydrogen-bond acceptors (Lipinski definition) is 0. The molecule has 30 heavy (non-hydrogen) atoms. The molecule has 0 N–H and O–H groups in total. The summed E-state index contributed by atoms with van der Waals surface area (Å²) in [5.41, 5.74) is 2.94. The third-order valence-electron chi connectivity index (χ3n) is 5.53. The maximum Gasteiger partial charge on any atom is 0.0645 e. The summed E-state index contributed by atoms with van der Waals surface area (Å²) in [7, 11) is 0. The van der Waals surface area contributed by atoms with Crippen molar-refractivity contribution >= 4 is 48.5 Å². The summed E-state index contributed by atoms with van der Waals surface area (Å²) in [6.45, 7) is 0. The van der Waals surface area contributed by atoms with Crippen LogP contribution in [0.4, 0.5) is 0 Å². The van der Waals surface area contributed by atoms with Crippen molar-refractivity contribution in [3.63, 3.8) is 0 Å². The number of hydrogen-bond donors (Lipinski definition) is 0. The van der Waals surface area contributed by atoms with Gasteiger partial charge in [0, 0.05) is 20.9 Å². The summed E-state index contributed by atoms with van der Waals surface area (Å²) in [6.07, 6.45) is 0. The average molecular weight is 452 g/mol. The third kappa shape index (κ3) is 2.68. The van der Waals surface area contributed by atoms with E-state index >= 15 is 0 Å². The van der Waals surface area contributed by atoms with E-state index in [0.29, 0.717) is 11.1 Å². The maximum absolute atomic E-state index is 8.99. The topological polar surface area (TPSA) is 4.93 Å². The molecule has 0 aliphatic carbocycles. The molecule has 0 amide bonds. The van der Waals surface area contributed by atoms with Crippen LogP contribution in [0.2, 0.25) is 0 Å². The molecule has 0 fully saturated rings. The molecule has 0 bridgehead atoms. The highest BCUT2D eigenvalue weighted by atomic mass is 79.9. The van der Waals surface area contributed by atoms with Gasteiger partial charge in [0.25, 0.3) is 0 Å². The van der Waals surface area contributed by atoms with E-state index in [9.17, 15) is 0 Å². The lowest BCUT2D eigenvalue weighted by Crippen LogP contribution is -1.93. The molecule has 1 aromatic heterocycles. The zero-order valence-corrected chi connectivity index (χ0v) is 17.5. The third-order valence-corrected chi connectivity index (χ3v) is 6.02. The number of nitrogens with zero attached hydrogens (tertiary/aromatic N) is 1. The van der Waals surface area contributed by atoms with Crippen LogP contribution in [0.5, 0.6) is 0 Å². The Balaban J connectivity index is 1.73. The van der Waals surface area contributed by atoms with Crippen molar-refractivity contribution in [1.29, 1.82) is 0 Å². The van der Waals surface area contributed by atoms with E-state index in [2.05, 4.69) is 15.9 Å². The molecule has 0 unspecified atom stereocenters. The lowest BCUT2D eigenvalue weighted by atomic mass is 9.98. The van der Waals surface area contributed by atoms with Crippen LogP contribution in [0.3, 0.4) is 0 Å². The highest BCUT2D eigenvalue weighted by Crippen LogP contribution is 2.35. The minimum absolute atomic E-state index is 0.0479. The smallest absolute Gasteiger partial charge is 0.0645 e. The van der Waals surface area contributed by atoms with E-state index in [0.717, 1.165) is 37.1 Å². The van der Waals surface area contributed by atoms with Crippen LogP contribution in [0, 0.1) is 0 Å². The van der Waals surface area contributed by atoms with E-state index in [-0.39, 0.29) is 29.9 Å². The fourth-order valence-corrected chi connectivity index (χ4v) is 4.53. The molecule has 2 heteroatoms. The molecule has 0 radical (unpaired) electrons. The van der Waals surface area contributed by atoms with Gasteiger partial charge in [-0.3, -0.25) is 0 Å². The Kier molecular flexibility index (Phi) is 3.15. The molecular formula is C28H18BrN. The zero-order chi connectivity index (χ0) is 23.6. The fourth-order valence-electron chi connectivity index (χ4n) is 4.18. The van der Waals surface area contributed by atoms with Gasteiger partial charge >= 0.3 is 0 Å². The molecule has 1 heterocycles. The van der Waals surface area contributed by atoms with Crippen LogP contribution in [-0.2, 0) is 0 Å². The van der Waals surface area contributed by atoms with Gasteiger partial charge in [-0.15, -0.1) is 0 Å². The summed E-state index contributed by atoms with van der Waals surface area (Å²) in [4.78, 5) is 0. The molecular weight excluding hydrogens is 430 g/mol. The monoisotopic (exact) mass is 451 g/mol. The van der Waals surface area contributed by atoms with Crippen molar-refractivity contribution in [2.45, 2.75) is 0 Å². The highest BCUT2D eigenvalue weighted by molar-refractivity contribution is 9.10. The van der Waals surface area contributed by atoms with E-state index in [1.807, 2.05) is 89.5 Å². The van der Waals surface area contributed by atoms with Crippen molar-refractivity contribution in [2.24, 2.45) is 0 Å². The average Bonchev–Trinajstić information content (AvgIpc) is 3.17. The Bertz CT molecular complexity index is 1740. The summed E-state index contributed by atoms with van der Waals surface area (Å²) in [5, 5.41) is 3.89. The van der Waals surface area contributed by atoms with Crippen molar-refractivity contribution in [3.05, 3.63) is 114 Å². The van der Waals surface area contributed by atoms with Crippen LogP contribution in [0.25, 0.3) is 49.4 Å². The van der Waals surface area contributed by atoms with Crippen LogP contribution in [0.15, 0.2) is 114 Å². The van der Waals surface area contributed by atoms with Crippen LogP contribution < -0.4 is 0 Å². The first-order chi connectivity index (χ1) is 16.5. The number of benzene rings is 5. The van der Waals surface area contributed by atoms with E-state index in [1.54, 1.807) is 0 Å². The minimum atomic E-state index is -0.0634. The quantitative estimate of drug-likeness (QED) is 0.249. The van der Waals surface area contributed by atoms with E-state index in [1.165, 1.54) is 0 Å².